The molecule has 1 heterocycles. The minimum atomic E-state index is -1.77. The van der Waals surface area contributed by atoms with E-state index in [9.17, 15) is 25.2 Å². The molecule has 1 aromatic carbocycles. The van der Waals surface area contributed by atoms with Gasteiger partial charge in [-0.2, -0.15) is 0 Å². The summed E-state index contributed by atoms with van der Waals surface area (Å²) in [6, 6.07) is 6.58. The van der Waals surface area contributed by atoms with Crippen molar-refractivity contribution >= 4 is 5.97 Å². The Bertz CT molecular complexity index is 472. The molecule has 110 valence electrons. The molecule has 7 heteroatoms. The number of aryl methyl sites for hydroxylation is 1. The standard InChI is InChI=1S/C13H16O7/c1-6-2-4-7(5-3-6)19-13(18)11-9(15)8(14)10(16)12(17)20-11/h2-5,8-12,14-17H,1H3/t8-,9-,10+,11-,12+/m0/s1. The van der Waals surface area contributed by atoms with Gasteiger partial charge >= 0.3 is 5.97 Å². The Hall–Kier alpha value is -1.51. The van der Waals surface area contributed by atoms with Gasteiger partial charge in [-0.3, -0.25) is 0 Å². The lowest BCUT2D eigenvalue weighted by Gasteiger charge is -2.36. The summed E-state index contributed by atoms with van der Waals surface area (Å²) in [5.74, 6) is -0.724. The largest absolute Gasteiger partial charge is 0.425 e. The fraction of sp³-hybridized carbons (Fsp3) is 0.462. The Morgan fingerprint density at radius 1 is 1.05 bits per heavy atom. The van der Waals surface area contributed by atoms with Crippen LogP contribution in [-0.4, -0.2) is 57.1 Å². The molecule has 0 unspecified atom stereocenters. The number of carbonyl (C=O) groups excluding carboxylic acids is 1. The van der Waals surface area contributed by atoms with E-state index in [2.05, 4.69) is 0 Å². The summed E-state index contributed by atoms with van der Waals surface area (Å²) in [5, 5.41) is 37.8. The molecule has 1 aliphatic heterocycles. The Balaban J connectivity index is 2.06. The van der Waals surface area contributed by atoms with Crippen LogP contribution in [0, 0.1) is 6.92 Å². The second-order valence-corrected chi connectivity index (χ2v) is 4.65. The van der Waals surface area contributed by atoms with Gasteiger partial charge in [-0.05, 0) is 19.1 Å². The zero-order valence-electron chi connectivity index (χ0n) is 10.7. The lowest BCUT2D eigenvalue weighted by molar-refractivity contribution is -0.279. The first-order chi connectivity index (χ1) is 9.40. The van der Waals surface area contributed by atoms with Gasteiger partial charge in [0.25, 0.3) is 0 Å². The third kappa shape index (κ3) is 2.97. The number of benzene rings is 1. The van der Waals surface area contributed by atoms with Crippen molar-refractivity contribution in [3.05, 3.63) is 29.8 Å². The van der Waals surface area contributed by atoms with Crippen LogP contribution in [0.15, 0.2) is 24.3 Å². The molecule has 0 saturated carbocycles. The second kappa shape index (κ2) is 5.86. The van der Waals surface area contributed by atoms with Gasteiger partial charge in [-0.25, -0.2) is 4.79 Å². The van der Waals surface area contributed by atoms with E-state index in [4.69, 9.17) is 9.47 Å². The van der Waals surface area contributed by atoms with E-state index in [-0.39, 0.29) is 5.75 Å². The van der Waals surface area contributed by atoms with E-state index in [0.29, 0.717) is 0 Å². The number of rotatable bonds is 2. The van der Waals surface area contributed by atoms with Gasteiger partial charge in [0.15, 0.2) is 12.4 Å². The Morgan fingerprint density at radius 3 is 2.25 bits per heavy atom. The first kappa shape index (κ1) is 14.9. The molecule has 0 bridgehead atoms. The zero-order chi connectivity index (χ0) is 14.9. The molecule has 2 rings (SSSR count). The average Bonchev–Trinajstić information content (AvgIpc) is 2.43. The number of aliphatic hydroxyl groups is 4. The Kier molecular flexibility index (Phi) is 4.36. The van der Waals surface area contributed by atoms with Gasteiger partial charge in [0.1, 0.15) is 24.1 Å². The molecule has 4 N–H and O–H groups in total. The fourth-order valence-corrected chi connectivity index (χ4v) is 1.84. The highest BCUT2D eigenvalue weighted by Gasteiger charge is 2.47. The number of carbonyl (C=O) groups is 1. The van der Waals surface area contributed by atoms with Crippen LogP contribution in [0.3, 0.4) is 0 Å². The molecular weight excluding hydrogens is 268 g/mol. The summed E-state index contributed by atoms with van der Waals surface area (Å²) in [6.07, 6.45) is -8.43. The van der Waals surface area contributed by atoms with E-state index in [0.717, 1.165) is 5.56 Å². The summed E-state index contributed by atoms with van der Waals surface area (Å²) in [4.78, 5) is 11.8. The van der Waals surface area contributed by atoms with E-state index < -0.39 is 36.7 Å². The molecule has 1 saturated heterocycles. The minimum Gasteiger partial charge on any atom is -0.425 e. The molecule has 0 aliphatic carbocycles. The minimum absolute atomic E-state index is 0.242. The SMILES string of the molecule is Cc1ccc(OC(=O)[C@H]2O[C@@H](O)[C@H](O)[C@@H](O)[C@@H]2O)cc1. The third-order valence-electron chi connectivity index (χ3n) is 3.06. The number of esters is 1. The van der Waals surface area contributed by atoms with Crippen molar-refractivity contribution in [2.24, 2.45) is 0 Å². The molecule has 7 nitrogen and oxygen atoms in total. The van der Waals surface area contributed by atoms with Gasteiger partial charge < -0.3 is 29.9 Å². The van der Waals surface area contributed by atoms with Crippen LogP contribution < -0.4 is 4.74 Å². The first-order valence-electron chi connectivity index (χ1n) is 6.06. The average molecular weight is 284 g/mol. The molecule has 0 amide bonds. The van der Waals surface area contributed by atoms with Crippen LogP contribution in [0.25, 0.3) is 0 Å². The van der Waals surface area contributed by atoms with Crippen LogP contribution in [-0.2, 0) is 9.53 Å². The van der Waals surface area contributed by atoms with Crippen molar-refractivity contribution in [2.45, 2.75) is 37.6 Å². The predicted molar refractivity (Wildman–Crippen MR) is 65.7 cm³/mol. The topological polar surface area (TPSA) is 116 Å². The molecule has 0 aromatic heterocycles. The number of hydrogen-bond acceptors (Lipinski definition) is 7. The van der Waals surface area contributed by atoms with E-state index >= 15 is 0 Å². The van der Waals surface area contributed by atoms with E-state index in [1.807, 2.05) is 6.92 Å². The van der Waals surface area contributed by atoms with Crippen molar-refractivity contribution < 1.29 is 34.7 Å². The molecule has 5 atom stereocenters. The van der Waals surface area contributed by atoms with Gasteiger partial charge in [0.2, 0.25) is 0 Å². The molecular formula is C13H16O7. The van der Waals surface area contributed by atoms with Crippen molar-refractivity contribution in [1.29, 1.82) is 0 Å². The maximum Gasteiger partial charge on any atom is 0.343 e. The van der Waals surface area contributed by atoms with Crippen molar-refractivity contribution in [3.63, 3.8) is 0 Å². The maximum atomic E-state index is 11.8. The summed E-state index contributed by atoms with van der Waals surface area (Å²) >= 11 is 0. The first-order valence-corrected chi connectivity index (χ1v) is 6.06. The number of hydrogen-bond donors (Lipinski definition) is 4. The number of aliphatic hydroxyl groups excluding tert-OH is 4. The highest BCUT2D eigenvalue weighted by molar-refractivity contribution is 5.78. The van der Waals surface area contributed by atoms with Gasteiger partial charge in [0.05, 0.1) is 0 Å². The lowest BCUT2D eigenvalue weighted by atomic mass is 9.99. The normalized spacial score (nSPS) is 33.8. The van der Waals surface area contributed by atoms with Crippen LogP contribution >= 0.6 is 0 Å². The Morgan fingerprint density at radius 2 is 1.65 bits per heavy atom. The van der Waals surface area contributed by atoms with Gasteiger partial charge in [-0.15, -0.1) is 0 Å². The summed E-state index contributed by atoms with van der Waals surface area (Å²) in [6.45, 7) is 1.87. The van der Waals surface area contributed by atoms with Crippen LogP contribution in [0.2, 0.25) is 0 Å². The molecule has 0 spiro atoms. The summed E-state index contributed by atoms with van der Waals surface area (Å²) < 4.78 is 9.74. The molecule has 1 aliphatic rings. The molecule has 1 fully saturated rings. The maximum absolute atomic E-state index is 11.8. The van der Waals surface area contributed by atoms with Gasteiger partial charge in [-0.1, -0.05) is 17.7 Å². The smallest absolute Gasteiger partial charge is 0.343 e. The Labute approximate surface area is 115 Å². The predicted octanol–water partition coefficient (Wildman–Crippen LogP) is -1.30. The third-order valence-corrected chi connectivity index (χ3v) is 3.06. The second-order valence-electron chi connectivity index (χ2n) is 4.65. The van der Waals surface area contributed by atoms with E-state index in [1.54, 1.807) is 24.3 Å². The van der Waals surface area contributed by atoms with Crippen molar-refractivity contribution in [1.82, 2.24) is 0 Å². The zero-order valence-corrected chi connectivity index (χ0v) is 10.7. The summed E-state index contributed by atoms with van der Waals surface area (Å²) in [5.41, 5.74) is 0.979. The number of ether oxygens (including phenoxy) is 2. The highest BCUT2D eigenvalue weighted by atomic mass is 16.7. The molecule has 20 heavy (non-hydrogen) atoms. The van der Waals surface area contributed by atoms with E-state index in [1.165, 1.54) is 0 Å². The summed E-state index contributed by atoms with van der Waals surface area (Å²) in [7, 11) is 0. The van der Waals surface area contributed by atoms with Crippen molar-refractivity contribution in [2.75, 3.05) is 0 Å². The monoisotopic (exact) mass is 284 g/mol. The van der Waals surface area contributed by atoms with Crippen LogP contribution in [0.1, 0.15) is 5.56 Å². The lowest BCUT2D eigenvalue weighted by Crippen LogP contribution is -2.60. The van der Waals surface area contributed by atoms with Crippen LogP contribution in [0.5, 0.6) is 5.75 Å². The van der Waals surface area contributed by atoms with Gasteiger partial charge in [0, 0.05) is 0 Å². The molecule has 0 radical (unpaired) electrons. The van der Waals surface area contributed by atoms with Crippen molar-refractivity contribution in [3.8, 4) is 5.75 Å². The quantitative estimate of drug-likeness (QED) is 0.394. The molecule has 1 aromatic rings. The highest BCUT2D eigenvalue weighted by Crippen LogP contribution is 2.22. The van der Waals surface area contributed by atoms with Crippen LogP contribution in [0.4, 0.5) is 0 Å². The fourth-order valence-electron chi connectivity index (χ4n) is 1.84.